The molecule has 2 heterocycles. The van der Waals surface area contributed by atoms with E-state index in [4.69, 9.17) is 24.7 Å². The maximum atomic E-state index is 12.1. The van der Waals surface area contributed by atoms with Crippen LogP contribution in [0.15, 0.2) is 18.3 Å². The van der Waals surface area contributed by atoms with Crippen molar-refractivity contribution in [1.82, 2.24) is 15.3 Å². The van der Waals surface area contributed by atoms with Crippen molar-refractivity contribution < 1.29 is 28.5 Å². The normalized spacial score (nSPS) is 12.3. The molecule has 0 radical (unpaired) electrons. The van der Waals surface area contributed by atoms with Crippen LogP contribution in [0.1, 0.15) is 37.5 Å². The number of nitrogens with two attached hydrogens (primary N) is 1. The molecule has 0 unspecified atom stereocenters. The zero-order valence-electron chi connectivity index (χ0n) is 19.9. The predicted molar refractivity (Wildman–Crippen MR) is 126 cm³/mol. The van der Waals surface area contributed by atoms with Crippen LogP contribution in [0, 0.1) is 0 Å². The van der Waals surface area contributed by atoms with Gasteiger partial charge in [-0.05, 0) is 38.5 Å². The van der Waals surface area contributed by atoms with Gasteiger partial charge >= 0.3 is 6.09 Å². The van der Waals surface area contributed by atoms with Gasteiger partial charge in [-0.15, -0.1) is 0 Å². The summed E-state index contributed by atoms with van der Waals surface area (Å²) in [5.74, 6) is 1.36. The van der Waals surface area contributed by atoms with E-state index in [-0.39, 0.29) is 18.3 Å². The minimum atomic E-state index is -0.699. The molecular weight excluding hydrogens is 442 g/mol. The number of anilines is 2. The smallest absolute Gasteiger partial charge is 0.408 e. The fraction of sp³-hybridized carbons (Fsp3) is 0.391. The molecular formula is C23H29N5O6. The van der Waals surface area contributed by atoms with Crippen molar-refractivity contribution in [1.29, 1.82) is 0 Å². The second kappa shape index (κ2) is 10.3. The number of hydrogen-bond acceptors (Lipinski definition) is 9. The fourth-order valence-electron chi connectivity index (χ4n) is 3.25. The number of aromatic nitrogens is 2. The van der Waals surface area contributed by atoms with Gasteiger partial charge in [0.1, 0.15) is 24.6 Å². The summed E-state index contributed by atoms with van der Waals surface area (Å²) < 4.78 is 21.8. The Morgan fingerprint density at radius 3 is 2.62 bits per heavy atom. The van der Waals surface area contributed by atoms with Gasteiger partial charge in [-0.1, -0.05) is 6.08 Å². The van der Waals surface area contributed by atoms with Crippen LogP contribution in [0.4, 0.5) is 16.6 Å². The van der Waals surface area contributed by atoms with Crippen LogP contribution >= 0.6 is 0 Å². The Bertz CT molecular complexity index is 1110. The third kappa shape index (κ3) is 6.06. The highest BCUT2D eigenvalue weighted by molar-refractivity contribution is 5.92. The largest absolute Gasteiger partial charge is 0.493 e. The lowest BCUT2D eigenvalue weighted by Gasteiger charge is -2.21. The summed E-state index contributed by atoms with van der Waals surface area (Å²) in [7, 11) is 3.11. The van der Waals surface area contributed by atoms with Gasteiger partial charge in [0.2, 0.25) is 17.6 Å². The van der Waals surface area contributed by atoms with Gasteiger partial charge in [0.25, 0.3) is 0 Å². The lowest BCUT2D eigenvalue weighted by Crippen LogP contribution is -2.37. The Hall–Kier alpha value is -4.02. The van der Waals surface area contributed by atoms with Crippen LogP contribution in [0.2, 0.25) is 0 Å². The molecule has 2 aromatic rings. The van der Waals surface area contributed by atoms with Crippen molar-refractivity contribution in [2.24, 2.45) is 0 Å². The molecule has 0 saturated heterocycles. The Morgan fingerprint density at radius 1 is 1.21 bits per heavy atom. The van der Waals surface area contributed by atoms with Gasteiger partial charge in [0, 0.05) is 23.7 Å². The van der Waals surface area contributed by atoms with E-state index in [1.807, 2.05) is 18.2 Å². The molecule has 1 aromatic carbocycles. The quantitative estimate of drug-likeness (QED) is 0.554. The Labute approximate surface area is 197 Å². The minimum absolute atomic E-state index is 0.0230. The number of fused-ring (bicyclic) bond motifs is 1. The van der Waals surface area contributed by atoms with Crippen molar-refractivity contribution in [2.75, 3.05) is 38.4 Å². The first kappa shape index (κ1) is 24.6. The van der Waals surface area contributed by atoms with E-state index in [1.54, 1.807) is 35.0 Å². The minimum Gasteiger partial charge on any atom is -0.493 e. The van der Waals surface area contributed by atoms with Crippen LogP contribution in [-0.4, -0.2) is 54.9 Å². The second-order valence-electron chi connectivity index (χ2n) is 8.41. The van der Waals surface area contributed by atoms with E-state index < -0.39 is 17.6 Å². The summed E-state index contributed by atoms with van der Waals surface area (Å²) in [5, 5.41) is 4.86. The number of benzene rings is 1. The van der Waals surface area contributed by atoms with Gasteiger partial charge in [-0.3, -0.25) is 10.1 Å². The highest BCUT2D eigenvalue weighted by atomic mass is 16.6. The van der Waals surface area contributed by atoms with E-state index in [1.165, 1.54) is 6.20 Å². The number of hydrogen-bond donors (Lipinski definition) is 3. The number of nitrogens with zero attached hydrogens (tertiary/aromatic N) is 2. The highest BCUT2D eigenvalue weighted by Crippen LogP contribution is 2.44. The monoisotopic (exact) mass is 471 g/mol. The van der Waals surface area contributed by atoms with E-state index in [0.29, 0.717) is 35.8 Å². The first-order chi connectivity index (χ1) is 16.1. The van der Waals surface area contributed by atoms with Gasteiger partial charge < -0.3 is 30.0 Å². The number of carbonyl (C=O) groups is 2. The number of nitrogen functional groups attached to an aromatic ring is 1. The lowest BCUT2D eigenvalue weighted by atomic mass is 9.97. The third-order valence-electron chi connectivity index (χ3n) is 4.68. The van der Waals surface area contributed by atoms with Crippen LogP contribution in [0.3, 0.4) is 0 Å². The molecule has 2 amide bonds. The summed E-state index contributed by atoms with van der Waals surface area (Å²) in [6.07, 6.45) is 5.10. The zero-order valence-corrected chi connectivity index (χ0v) is 19.9. The topological polar surface area (TPSA) is 147 Å². The summed E-state index contributed by atoms with van der Waals surface area (Å²) in [5.41, 5.74) is 7.87. The predicted octanol–water partition coefficient (Wildman–Crippen LogP) is 2.54. The van der Waals surface area contributed by atoms with Crippen molar-refractivity contribution >= 4 is 29.8 Å². The SMILES string of the molecule is COc1cc(Cc2cnc(NC(=O)CNC(=O)OC(C)(C)C)nc2N)c2c(c1OC)OCC=C2. The van der Waals surface area contributed by atoms with Crippen molar-refractivity contribution in [2.45, 2.75) is 32.8 Å². The Morgan fingerprint density at radius 2 is 1.97 bits per heavy atom. The molecule has 1 aliphatic heterocycles. The summed E-state index contributed by atoms with van der Waals surface area (Å²) in [6.45, 7) is 5.31. The van der Waals surface area contributed by atoms with Crippen molar-refractivity contribution in [3.63, 3.8) is 0 Å². The van der Waals surface area contributed by atoms with E-state index in [9.17, 15) is 9.59 Å². The van der Waals surface area contributed by atoms with Crippen LogP contribution in [0.5, 0.6) is 17.2 Å². The van der Waals surface area contributed by atoms with Gasteiger partial charge in [-0.25, -0.2) is 9.78 Å². The number of alkyl carbamates (subject to hydrolysis) is 1. The molecule has 0 spiro atoms. The Kier molecular flexibility index (Phi) is 7.44. The number of carbonyl (C=O) groups excluding carboxylic acids is 2. The molecule has 1 aromatic heterocycles. The second-order valence-corrected chi connectivity index (χ2v) is 8.41. The first-order valence-corrected chi connectivity index (χ1v) is 10.6. The summed E-state index contributed by atoms with van der Waals surface area (Å²) >= 11 is 0. The summed E-state index contributed by atoms with van der Waals surface area (Å²) in [6, 6.07) is 1.86. The highest BCUT2D eigenvalue weighted by Gasteiger charge is 2.22. The third-order valence-corrected chi connectivity index (χ3v) is 4.68. The van der Waals surface area contributed by atoms with Crippen molar-refractivity contribution in [3.8, 4) is 17.2 Å². The molecule has 0 bridgehead atoms. The average Bonchev–Trinajstić information content (AvgIpc) is 2.78. The number of amides is 2. The van der Waals surface area contributed by atoms with E-state index >= 15 is 0 Å². The van der Waals surface area contributed by atoms with Crippen LogP contribution in [-0.2, 0) is 16.0 Å². The maximum Gasteiger partial charge on any atom is 0.408 e. The molecule has 182 valence electrons. The first-order valence-electron chi connectivity index (χ1n) is 10.6. The van der Waals surface area contributed by atoms with Gasteiger partial charge in [0.05, 0.1) is 14.2 Å². The molecule has 11 heteroatoms. The molecule has 0 aliphatic carbocycles. The molecule has 0 atom stereocenters. The Balaban J connectivity index is 1.71. The average molecular weight is 472 g/mol. The molecule has 0 saturated carbocycles. The number of nitrogens with one attached hydrogen (secondary N) is 2. The molecule has 3 rings (SSSR count). The van der Waals surface area contributed by atoms with Gasteiger partial charge in [0.15, 0.2) is 11.5 Å². The van der Waals surface area contributed by atoms with Gasteiger partial charge in [-0.2, -0.15) is 4.98 Å². The number of ether oxygens (including phenoxy) is 4. The van der Waals surface area contributed by atoms with E-state index in [2.05, 4.69) is 20.6 Å². The fourth-order valence-corrected chi connectivity index (χ4v) is 3.25. The van der Waals surface area contributed by atoms with Crippen LogP contribution < -0.4 is 30.6 Å². The van der Waals surface area contributed by atoms with Crippen LogP contribution in [0.25, 0.3) is 6.08 Å². The number of rotatable bonds is 7. The summed E-state index contributed by atoms with van der Waals surface area (Å²) in [4.78, 5) is 32.1. The van der Waals surface area contributed by atoms with E-state index in [0.717, 1.165) is 11.1 Å². The molecule has 4 N–H and O–H groups in total. The maximum absolute atomic E-state index is 12.1. The zero-order chi connectivity index (χ0) is 24.9. The van der Waals surface area contributed by atoms with Crippen molar-refractivity contribution in [3.05, 3.63) is 35.0 Å². The molecule has 11 nitrogen and oxygen atoms in total. The number of methoxy groups -OCH3 is 2. The standard InChI is InChI=1S/C23H29N5O6/c1-23(2,3)34-22(30)26-12-17(29)27-21-25-11-14(20(24)28-21)9-13-10-16(31-4)19(32-5)18-15(13)7-6-8-33-18/h6-7,10-11H,8-9,12H2,1-5H3,(H,26,30)(H3,24,25,27,28,29). The lowest BCUT2D eigenvalue weighted by molar-refractivity contribution is -0.115. The molecule has 34 heavy (non-hydrogen) atoms. The molecule has 1 aliphatic rings. The molecule has 0 fully saturated rings.